The molecule has 2 aromatic carbocycles. The molecule has 0 saturated heterocycles. The highest BCUT2D eigenvalue weighted by atomic mass is 32.2. The number of benzene rings is 2. The van der Waals surface area contributed by atoms with Crippen molar-refractivity contribution in [3.8, 4) is 0 Å². The van der Waals surface area contributed by atoms with Gasteiger partial charge < -0.3 is 20.9 Å². The lowest BCUT2D eigenvalue weighted by atomic mass is 10.1. The fourth-order valence-electron chi connectivity index (χ4n) is 3.64. The summed E-state index contributed by atoms with van der Waals surface area (Å²) in [5.41, 5.74) is 3.33. The Hall–Kier alpha value is -4.12. The second-order valence-corrected chi connectivity index (χ2v) is 10.7. The summed E-state index contributed by atoms with van der Waals surface area (Å²) in [4.78, 5) is 24.5. The second-order valence-electron chi connectivity index (χ2n) is 8.68. The highest BCUT2D eigenvalue weighted by Gasteiger charge is 2.16. The van der Waals surface area contributed by atoms with Gasteiger partial charge in [-0.1, -0.05) is 18.2 Å². The van der Waals surface area contributed by atoms with Crippen molar-refractivity contribution in [1.82, 2.24) is 20.3 Å². The molecule has 0 atom stereocenters. The summed E-state index contributed by atoms with van der Waals surface area (Å²) in [7, 11) is -1.87. The van der Waals surface area contributed by atoms with E-state index in [0.717, 1.165) is 16.6 Å². The minimum Gasteiger partial charge on any atom is -0.365 e. The van der Waals surface area contributed by atoms with E-state index in [0.29, 0.717) is 35.2 Å². The zero-order valence-corrected chi connectivity index (χ0v) is 21.3. The number of aromatic nitrogens is 3. The molecule has 2 heterocycles. The first-order valence-corrected chi connectivity index (χ1v) is 13.3. The highest BCUT2D eigenvalue weighted by molar-refractivity contribution is 7.92. The number of rotatable bonds is 9. The summed E-state index contributed by atoms with van der Waals surface area (Å²) >= 11 is 0. The zero-order valence-electron chi connectivity index (χ0n) is 20.5. The fourth-order valence-corrected chi connectivity index (χ4v) is 4.17. The van der Waals surface area contributed by atoms with Crippen molar-refractivity contribution in [3.63, 3.8) is 0 Å². The van der Waals surface area contributed by atoms with Crippen LogP contribution in [0.2, 0.25) is 0 Å². The van der Waals surface area contributed by atoms with Crippen LogP contribution in [-0.4, -0.2) is 48.6 Å². The highest BCUT2D eigenvalue weighted by Crippen LogP contribution is 2.26. The van der Waals surface area contributed by atoms with E-state index in [9.17, 15) is 13.2 Å². The maximum absolute atomic E-state index is 12.2. The van der Waals surface area contributed by atoms with E-state index >= 15 is 0 Å². The molecule has 0 radical (unpaired) electrons. The van der Waals surface area contributed by atoms with Crippen LogP contribution in [0, 0.1) is 0 Å². The van der Waals surface area contributed by atoms with Crippen molar-refractivity contribution in [2.24, 2.45) is 0 Å². The molecule has 4 aromatic rings. The molecule has 4 rings (SSSR count). The number of fused-ring (bicyclic) bond motifs is 1. The Morgan fingerprint density at radius 1 is 1.06 bits per heavy atom. The van der Waals surface area contributed by atoms with Crippen LogP contribution >= 0.6 is 0 Å². The predicted octanol–water partition coefficient (Wildman–Crippen LogP) is 3.85. The van der Waals surface area contributed by atoms with Crippen LogP contribution in [-0.2, 0) is 16.6 Å². The summed E-state index contributed by atoms with van der Waals surface area (Å²) < 4.78 is 25.4. The van der Waals surface area contributed by atoms with E-state index in [1.54, 1.807) is 42.6 Å². The molecule has 4 N–H and O–H groups in total. The average molecular weight is 508 g/mol. The summed E-state index contributed by atoms with van der Waals surface area (Å²) in [6.07, 6.45) is 2.95. The Labute approximate surface area is 210 Å². The van der Waals surface area contributed by atoms with Crippen LogP contribution in [0.4, 0.5) is 23.1 Å². The Bertz CT molecular complexity index is 1480. The molecule has 0 fully saturated rings. The number of hydrogen-bond donors (Lipinski definition) is 4. The van der Waals surface area contributed by atoms with Crippen molar-refractivity contribution in [2.75, 3.05) is 28.2 Å². The molecule has 0 bridgehead atoms. The molecular formula is C25H29N7O3S. The normalized spacial score (nSPS) is 11.5. The summed E-state index contributed by atoms with van der Waals surface area (Å²) in [6, 6.07) is 16.3. The molecule has 0 aliphatic rings. The van der Waals surface area contributed by atoms with Crippen LogP contribution in [0.1, 0.15) is 29.8 Å². The first-order valence-electron chi connectivity index (χ1n) is 11.4. The van der Waals surface area contributed by atoms with Crippen LogP contribution in [0.5, 0.6) is 0 Å². The van der Waals surface area contributed by atoms with E-state index in [-0.39, 0.29) is 11.9 Å². The standard InChI is InChI=1S/C25H29N7O3S/c1-16(2)28-24(33)17-9-11-19(12-10-17)29-25-30-22-20(13-14-26-22)23(31-25)27-15-18-7-5-6-8-21(18)32(3)36(4,34)35/h5-14,16H,15H2,1-4H3,(H,28,33)(H3,26,27,29,30,31). The van der Waals surface area contributed by atoms with Crippen molar-refractivity contribution in [1.29, 1.82) is 0 Å². The maximum atomic E-state index is 12.2. The summed E-state index contributed by atoms with van der Waals surface area (Å²) in [5, 5.41) is 10.2. The number of hydrogen-bond acceptors (Lipinski definition) is 7. The van der Waals surface area contributed by atoms with Crippen molar-refractivity contribution in [2.45, 2.75) is 26.4 Å². The average Bonchev–Trinajstić information content (AvgIpc) is 3.30. The van der Waals surface area contributed by atoms with Crippen LogP contribution in [0.3, 0.4) is 0 Å². The summed E-state index contributed by atoms with van der Waals surface area (Å²) in [6.45, 7) is 4.18. The van der Waals surface area contributed by atoms with E-state index in [1.165, 1.54) is 17.6 Å². The number of sulfonamides is 1. The van der Waals surface area contributed by atoms with Gasteiger partial charge >= 0.3 is 0 Å². The number of H-pyrrole nitrogens is 1. The minimum atomic E-state index is -3.40. The number of amides is 1. The van der Waals surface area contributed by atoms with Crippen molar-refractivity contribution >= 4 is 50.1 Å². The molecule has 0 spiro atoms. The van der Waals surface area contributed by atoms with Gasteiger partial charge in [-0.3, -0.25) is 9.10 Å². The molecule has 0 unspecified atom stereocenters. The van der Waals surface area contributed by atoms with Gasteiger partial charge in [0.05, 0.1) is 17.3 Å². The number of para-hydroxylation sites is 1. The topological polar surface area (TPSA) is 132 Å². The minimum absolute atomic E-state index is 0.0564. The first kappa shape index (κ1) is 25.0. The third-order valence-corrected chi connectivity index (χ3v) is 6.70. The van der Waals surface area contributed by atoms with Gasteiger partial charge in [0.1, 0.15) is 11.5 Å². The van der Waals surface area contributed by atoms with Gasteiger partial charge in [0.15, 0.2) is 0 Å². The van der Waals surface area contributed by atoms with Gasteiger partial charge in [0, 0.05) is 37.1 Å². The number of carbonyl (C=O) groups excluding carboxylic acids is 1. The zero-order chi connectivity index (χ0) is 25.9. The lowest BCUT2D eigenvalue weighted by Gasteiger charge is -2.20. The lowest BCUT2D eigenvalue weighted by Crippen LogP contribution is -2.29. The molecule has 188 valence electrons. The maximum Gasteiger partial charge on any atom is 0.251 e. The van der Waals surface area contributed by atoms with Gasteiger partial charge in [-0.2, -0.15) is 9.97 Å². The lowest BCUT2D eigenvalue weighted by molar-refractivity contribution is 0.0943. The van der Waals surface area contributed by atoms with E-state index in [1.807, 2.05) is 32.0 Å². The van der Waals surface area contributed by atoms with Gasteiger partial charge in [-0.05, 0) is 55.8 Å². The Morgan fingerprint density at radius 2 is 1.78 bits per heavy atom. The van der Waals surface area contributed by atoms with Crippen LogP contribution < -0.4 is 20.3 Å². The van der Waals surface area contributed by atoms with Crippen LogP contribution in [0.25, 0.3) is 11.0 Å². The molecule has 2 aromatic heterocycles. The first-order chi connectivity index (χ1) is 17.1. The number of nitrogens with zero attached hydrogens (tertiary/aromatic N) is 3. The molecule has 0 saturated carbocycles. The Balaban J connectivity index is 1.55. The smallest absolute Gasteiger partial charge is 0.251 e. The molecule has 36 heavy (non-hydrogen) atoms. The van der Waals surface area contributed by atoms with Gasteiger partial charge in [0.2, 0.25) is 16.0 Å². The molecule has 10 nitrogen and oxygen atoms in total. The summed E-state index contributed by atoms with van der Waals surface area (Å²) in [5.74, 6) is 0.829. The largest absolute Gasteiger partial charge is 0.365 e. The van der Waals surface area contributed by atoms with Crippen molar-refractivity contribution in [3.05, 3.63) is 71.9 Å². The SMILES string of the molecule is CC(C)NC(=O)c1ccc(Nc2nc(NCc3ccccc3N(C)S(C)(=O)=O)c3cc[nH]c3n2)cc1. The Morgan fingerprint density at radius 3 is 2.47 bits per heavy atom. The van der Waals surface area contributed by atoms with Crippen LogP contribution in [0.15, 0.2) is 60.8 Å². The molecule has 0 aliphatic heterocycles. The number of aromatic amines is 1. The number of anilines is 4. The van der Waals surface area contributed by atoms with Gasteiger partial charge in [-0.25, -0.2) is 8.42 Å². The quantitative estimate of drug-likeness (QED) is 0.271. The molecular weight excluding hydrogens is 478 g/mol. The molecule has 11 heteroatoms. The fraction of sp³-hybridized carbons (Fsp3) is 0.240. The number of nitrogens with one attached hydrogen (secondary N) is 4. The van der Waals surface area contributed by atoms with Gasteiger partial charge in [-0.15, -0.1) is 0 Å². The molecule has 1 amide bonds. The van der Waals surface area contributed by atoms with E-state index < -0.39 is 10.0 Å². The van der Waals surface area contributed by atoms with E-state index in [4.69, 9.17) is 0 Å². The van der Waals surface area contributed by atoms with Gasteiger partial charge in [0.25, 0.3) is 5.91 Å². The third kappa shape index (κ3) is 5.74. The third-order valence-electron chi connectivity index (χ3n) is 5.51. The predicted molar refractivity (Wildman–Crippen MR) is 143 cm³/mol. The second kappa shape index (κ2) is 10.2. The molecule has 0 aliphatic carbocycles. The number of carbonyl (C=O) groups is 1. The monoisotopic (exact) mass is 507 g/mol. The Kier molecular flexibility index (Phi) is 7.11. The van der Waals surface area contributed by atoms with Crippen molar-refractivity contribution < 1.29 is 13.2 Å². The van der Waals surface area contributed by atoms with E-state index in [2.05, 4.69) is 30.9 Å².